The van der Waals surface area contributed by atoms with Gasteiger partial charge in [-0.15, -0.1) is 0 Å². The molecule has 2 bridgehead atoms. The van der Waals surface area contributed by atoms with Crippen LogP contribution in [0.3, 0.4) is 0 Å². The van der Waals surface area contributed by atoms with Crippen LogP contribution in [-0.2, 0) is 14.4 Å². The summed E-state index contributed by atoms with van der Waals surface area (Å²) in [6.07, 6.45) is 2.57. The molecule has 0 aromatic carbocycles. The molecular formula is C15H20O5. The minimum Gasteiger partial charge on any atom is -0.481 e. The molecule has 2 fully saturated rings. The van der Waals surface area contributed by atoms with Crippen LogP contribution < -0.4 is 0 Å². The molecule has 0 amide bonds. The highest BCUT2D eigenvalue weighted by molar-refractivity contribution is 6.05. The van der Waals surface area contributed by atoms with Gasteiger partial charge in [0.15, 0.2) is 5.78 Å². The fourth-order valence-electron chi connectivity index (χ4n) is 3.74. The number of Topliss-reactive ketones (excluding diaryl/α,β-unsaturated/α-hetero) is 1. The maximum atomic E-state index is 12.5. The first-order chi connectivity index (χ1) is 9.11. The third-order valence-corrected chi connectivity index (χ3v) is 5.46. The van der Waals surface area contributed by atoms with E-state index in [-0.39, 0.29) is 17.1 Å². The Bertz CT molecular complexity index is 516. The van der Waals surface area contributed by atoms with Crippen LogP contribution >= 0.6 is 0 Å². The van der Waals surface area contributed by atoms with Crippen molar-refractivity contribution in [1.82, 2.24) is 0 Å². The predicted octanol–water partition coefficient (Wildman–Crippen LogP) is 2.11. The molecule has 20 heavy (non-hydrogen) atoms. The Morgan fingerprint density at radius 1 is 1.35 bits per heavy atom. The predicted molar refractivity (Wildman–Crippen MR) is 71.1 cm³/mol. The van der Waals surface area contributed by atoms with Gasteiger partial charge in [0.1, 0.15) is 0 Å². The number of rotatable bonds is 4. The van der Waals surface area contributed by atoms with Crippen LogP contribution in [0, 0.1) is 22.7 Å². The van der Waals surface area contributed by atoms with E-state index in [1.54, 1.807) is 0 Å². The van der Waals surface area contributed by atoms with Gasteiger partial charge in [0.05, 0.1) is 12.3 Å². The maximum Gasteiger partial charge on any atom is 0.310 e. The SMILES string of the molecule is CC1(C)[C@@H]2CC[C@@]1(C)C(=O)/C2=C/[C@H](CC(=O)O)C(=O)O. The van der Waals surface area contributed by atoms with Gasteiger partial charge in [0.2, 0.25) is 0 Å². The normalized spacial score (nSPS) is 34.5. The summed E-state index contributed by atoms with van der Waals surface area (Å²) in [5.41, 5.74) is -0.116. The number of hydrogen-bond acceptors (Lipinski definition) is 3. The van der Waals surface area contributed by atoms with E-state index < -0.39 is 29.7 Å². The monoisotopic (exact) mass is 280 g/mol. The summed E-state index contributed by atoms with van der Waals surface area (Å²) in [5.74, 6) is -3.47. The quantitative estimate of drug-likeness (QED) is 0.769. The Labute approximate surface area is 117 Å². The molecule has 2 saturated carbocycles. The minimum atomic E-state index is -1.20. The van der Waals surface area contributed by atoms with Gasteiger partial charge in [-0.25, -0.2) is 0 Å². The van der Waals surface area contributed by atoms with Gasteiger partial charge >= 0.3 is 11.9 Å². The largest absolute Gasteiger partial charge is 0.481 e. The molecule has 2 N–H and O–H groups in total. The first kappa shape index (κ1) is 14.8. The molecule has 0 aromatic rings. The summed E-state index contributed by atoms with van der Waals surface area (Å²) in [5, 5.41) is 17.9. The van der Waals surface area contributed by atoms with E-state index in [9.17, 15) is 14.4 Å². The highest BCUT2D eigenvalue weighted by atomic mass is 16.4. The van der Waals surface area contributed by atoms with E-state index in [1.807, 2.05) is 20.8 Å². The highest BCUT2D eigenvalue weighted by Crippen LogP contribution is 2.65. The van der Waals surface area contributed by atoms with Gasteiger partial charge in [-0.2, -0.15) is 0 Å². The second-order valence-corrected chi connectivity index (χ2v) is 6.64. The number of carboxylic acids is 2. The zero-order chi connectivity index (χ0) is 15.3. The van der Waals surface area contributed by atoms with E-state index in [1.165, 1.54) is 6.08 Å². The van der Waals surface area contributed by atoms with Crippen molar-refractivity contribution in [3.63, 3.8) is 0 Å². The first-order valence-electron chi connectivity index (χ1n) is 6.82. The molecule has 2 aliphatic carbocycles. The van der Waals surface area contributed by atoms with Crippen molar-refractivity contribution in [2.24, 2.45) is 22.7 Å². The zero-order valence-corrected chi connectivity index (χ0v) is 12.0. The number of allylic oxidation sites excluding steroid dienone is 1. The number of carboxylic acid groups (broad SMARTS) is 2. The Balaban J connectivity index is 2.38. The number of ketones is 1. The highest BCUT2D eigenvalue weighted by Gasteiger charge is 2.63. The smallest absolute Gasteiger partial charge is 0.310 e. The van der Waals surface area contributed by atoms with Crippen molar-refractivity contribution < 1.29 is 24.6 Å². The second kappa shape index (κ2) is 4.43. The Morgan fingerprint density at radius 3 is 2.35 bits per heavy atom. The van der Waals surface area contributed by atoms with Crippen LogP contribution in [0.25, 0.3) is 0 Å². The number of hydrogen-bond donors (Lipinski definition) is 2. The molecule has 5 nitrogen and oxygen atoms in total. The molecule has 0 aliphatic heterocycles. The average molecular weight is 280 g/mol. The molecule has 0 saturated heterocycles. The lowest BCUT2D eigenvalue weighted by molar-refractivity contribution is -0.146. The molecule has 0 radical (unpaired) electrons. The van der Waals surface area contributed by atoms with Gasteiger partial charge in [0.25, 0.3) is 0 Å². The van der Waals surface area contributed by atoms with Crippen molar-refractivity contribution in [2.75, 3.05) is 0 Å². The fourth-order valence-corrected chi connectivity index (χ4v) is 3.74. The van der Waals surface area contributed by atoms with Crippen molar-refractivity contribution in [2.45, 2.75) is 40.0 Å². The average Bonchev–Trinajstić information content (AvgIpc) is 2.62. The van der Waals surface area contributed by atoms with Crippen molar-refractivity contribution in [3.05, 3.63) is 11.6 Å². The Hall–Kier alpha value is -1.65. The number of carbonyl (C=O) groups is 3. The molecule has 0 spiro atoms. The maximum absolute atomic E-state index is 12.5. The Morgan fingerprint density at radius 2 is 1.95 bits per heavy atom. The molecule has 5 heteroatoms. The zero-order valence-electron chi connectivity index (χ0n) is 12.0. The van der Waals surface area contributed by atoms with Gasteiger partial charge in [0, 0.05) is 5.41 Å². The molecule has 2 aliphatic rings. The summed E-state index contributed by atoms with van der Waals surface area (Å²) in [6.45, 7) is 6.01. The minimum absolute atomic E-state index is 0.00427. The molecule has 0 aromatic heterocycles. The van der Waals surface area contributed by atoms with Crippen molar-refractivity contribution in [3.8, 4) is 0 Å². The van der Waals surface area contributed by atoms with E-state index in [4.69, 9.17) is 10.2 Å². The van der Waals surface area contributed by atoms with Gasteiger partial charge in [-0.05, 0) is 29.7 Å². The van der Waals surface area contributed by atoms with Crippen LogP contribution in [0.4, 0.5) is 0 Å². The fraction of sp³-hybridized carbons (Fsp3) is 0.667. The standard InChI is InChI=1S/C15H20O5/c1-14(2)10-4-5-15(14,3)12(18)9(10)6-8(13(19)20)7-11(16)17/h6,8,10H,4-5,7H2,1-3H3,(H,16,17)(H,19,20)/b9-6+/t8-,10-,15+/m1/s1. The van der Waals surface area contributed by atoms with Crippen LogP contribution in [0.5, 0.6) is 0 Å². The topological polar surface area (TPSA) is 91.7 Å². The third kappa shape index (κ3) is 1.87. The molecular weight excluding hydrogens is 260 g/mol. The number of fused-ring (bicyclic) bond motifs is 2. The molecule has 0 heterocycles. The summed E-state index contributed by atoms with van der Waals surface area (Å²) < 4.78 is 0. The number of aliphatic carboxylic acids is 2. The van der Waals surface area contributed by atoms with Crippen LogP contribution in [0.2, 0.25) is 0 Å². The summed E-state index contributed by atoms with van der Waals surface area (Å²) >= 11 is 0. The van der Waals surface area contributed by atoms with E-state index >= 15 is 0 Å². The van der Waals surface area contributed by atoms with E-state index in [2.05, 4.69) is 0 Å². The summed E-state index contributed by atoms with van der Waals surface area (Å²) in [6, 6.07) is 0. The van der Waals surface area contributed by atoms with E-state index in [0.29, 0.717) is 5.57 Å². The van der Waals surface area contributed by atoms with E-state index in [0.717, 1.165) is 12.8 Å². The van der Waals surface area contributed by atoms with Gasteiger partial charge in [-0.3, -0.25) is 14.4 Å². The molecule has 0 unspecified atom stereocenters. The lowest BCUT2D eigenvalue weighted by Gasteiger charge is -2.31. The van der Waals surface area contributed by atoms with Crippen LogP contribution in [0.1, 0.15) is 40.0 Å². The molecule has 3 atom stereocenters. The lowest BCUT2D eigenvalue weighted by Crippen LogP contribution is -2.32. The summed E-state index contributed by atoms with van der Waals surface area (Å²) in [4.78, 5) is 34.4. The third-order valence-electron chi connectivity index (χ3n) is 5.46. The summed E-state index contributed by atoms with van der Waals surface area (Å²) in [7, 11) is 0. The molecule has 110 valence electrons. The van der Waals surface area contributed by atoms with Crippen molar-refractivity contribution >= 4 is 17.7 Å². The van der Waals surface area contributed by atoms with Crippen LogP contribution in [0.15, 0.2) is 11.6 Å². The van der Waals surface area contributed by atoms with Gasteiger partial charge in [-0.1, -0.05) is 26.8 Å². The second-order valence-electron chi connectivity index (χ2n) is 6.64. The van der Waals surface area contributed by atoms with Crippen LogP contribution in [-0.4, -0.2) is 27.9 Å². The van der Waals surface area contributed by atoms with Gasteiger partial charge < -0.3 is 10.2 Å². The first-order valence-corrected chi connectivity index (χ1v) is 6.82. The molecule has 2 rings (SSSR count). The number of carbonyl (C=O) groups excluding carboxylic acids is 1. The lowest BCUT2D eigenvalue weighted by atomic mass is 9.70. The Kier molecular flexibility index (Phi) is 3.27. The van der Waals surface area contributed by atoms with Crippen molar-refractivity contribution in [1.29, 1.82) is 0 Å².